The van der Waals surface area contributed by atoms with E-state index in [4.69, 9.17) is 0 Å². The van der Waals surface area contributed by atoms with Crippen molar-refractivity contribution >= 4 is 0 Å². The molecule has 0 saturated heterocycles. The van der Waals surface area contributed by atoms with Crippen LogP contribution in [0.15, 0.2) is 30.3 Å². The van der Waals surface area contributed by atoms with Crippen LogP contribution in [-0.4, -0.2) is 23.4 Å². The van der Waals surface area contributed by atoms with Crippen molar-refractivity contribution in [2.24, 2.45) is 11.3 Å². The van der Waals surface area contributed by atoms with Crippen molar-refractivity contribution in [3.63, 3.8) is 0 Å². The maximum Gasteiger partial charge on any atom is 0.0515 e. The lowest BCUT2D eigenvalue weighted by Gasteiger charge is -2.36. The molecule has 2 nitrogen and oxygen atoms in total. The summed E-state index contributed by atoms with van der Waals surface area (Å²) in [5.41, 5.74) is 0.889. The van der Waals surface area contributed by atoms with E-state index in [0.717, 1.165) is 19.3 Å². The molecule has 0 heterocycles. The van der Waals surface area contributed by atoms with E-state index in [0.29, 0.717) is 5.92 Å². The Balaban J connectivity index is 2.16. The molecule has 1 aromatic rings. The van der Waals surface area contributed by atoms with Crippen LogP contribution in [0, 0.1) is 11.3 Å². The quantitative estimate of drug-likeness (QED) is 0.821. The van der Waals surface area contributed by atoms with Gasteiger partial charge in [0.1, 0.15) is 0 Å². The molecule has 94 valence electrons. The van der Waals surface area contributed by atoms with Gasteiger partial charge in [-0.25, -0.2) is 0 Å². The van der Waals surface area contributed by atoms with E-state index in [1.807, 2.05) is 18.2 Å². The Kier molecular flexibility index (Phi) is 4.19. The molecule has 2 rings (SSSR count). The van der Waals surface area contributed by atoms with Crippen molar-refractivity contribution in [1.82, 2.24) is 0 Å². The molecule has 0 amide bonds. The molecule has 0 bridgehead atoms. The summed E-state index contributed by atoms with van der Waals surface area (Å²) in [6.45, 7) is 0.173. The number of aliphatic hydroxyl groups excluding tert-OH is 2. The fourth-order valence-electron chi connectivity index (χ4n) is 3.10. The molecule has 1 aliphatic carbocycles. The Labute approximate surface area is 103 Å². The smallest absolute Gasteiger partial charge is 0.0515 e. The summed E-state index contributed by atoms with van der Waals surface area (Å²) in [6, 6.07) is 10.2. The third kappa shape index (κ3) is 2.70. The van der Waals surface area contributed by atoms with Gasteiger partial charge >= 0.3 is 0 Å². The van der Waals surface area contributed by atoms with Crippen molar-refractivity contribution < 1.29 is 10.2 Å². The highest BCUT2D eigenvalue weighted by Crippen LogP contribution is 2.41. The summed E-state index contributed by atoms with van der Waals surface area (Å²) in [4.78, 5) is 0. The molecule has 0 atom stereocenters. The Bertz CT molecular complexity index is 324. The van der Waals surface area contributed by atoms with Gasteiger partial charge in [-0.05, 0) is 30.7 Å². The van der Waals surface area contributed by atoms with Crippen molar-refractivity contribution in [1.29, 1.82) is 0 Å². The molecule has 1 fully saturated rings. The van der Waals surface area contributed by atoms with E-state index in [-0.39, 0.29) is 18.6 Å². The monoisotopic (exact) mass is 234 g/mol. The second-order valence-corrected chi connectivity index (χ2v) is 5.32. The predicted octanol–water partition coefficient (Wildman–Crippen LogP) is 2.39. The van der Waals surface area contributed by atoms with Crippen LogP contribution in [0.25, 0.3) is 0 Å². The molecular formula is C15H22O2. The van der Waals surface area contributed by atoms with E-state index < -0.39 is 0 Å². The Morgan fingerprint density at radius 1 is 1.00 bits per heavy atom. The lowest BCUT2D eigenvalue weighted by molar-refractivity contribution is 0.00570. The first-order chi connectivity index (χ1) is 8.30. The largest absolute Gasteiger partial charge is 0.396 e. The Hall–Kier alpha value is -0.860. The maximum atomic E-state index is 9.74. The van der Waals surface area contributed by atoms with Crippen LogP contribution < -0.4 is 0 Å². The lowest BCUT2D eigenvalue weighted by atomic mass is 9.71. The number of rotatable bonds is 5. The number of hydrogen-bond acceptors (Lipinski definition) is 2. The SMILES string of the molecule is OCC(CO)(Cc1ccccc1)C1CCCC1. The normalized spacial score (nSPS) is 17.5. The first-order valence-corrected chi connectivity index (χ1v) is 6.56. The molecule has 1 saturated carbocycles. The molecule has 2 N–H and O–H groups in total. The standard InChI is InChI=1S/C15H22O2/c16-11-15(12-17,14-8-4-5-9-14)10-13-6-2-1-3-7-13/h1-3,6-7,14,16-17H,4-5,8-12H2. The predicted molar refractivity (Wildman–Crippen MR) is 68.7 cm³/mol. The van der Waals surface area contributed by atoms with Gasteiger partial charge in [-0.2, -0.15) is 0 Å². The molecule has 17 heavy (non-hydrogen) atoms. The zero-order valence-electron chi connectivity index (χ0n) is 10.3. The van der Waals surface area contributed by atoms with Crippen LogP contribution in [0.2, 0.25) is 0 Å². The Morgan fingerprint density at radius 2 is 1.59 bits per heavy atom. The van der Waals surface area contributed by atoms with E-state index in [1.54, 1.807) is 0 Å². The van der Waals surface area contributed by atoms with E-state index in [9.17, 15) is 10.2 Å². The van der Waals surface area contributed by atoms with Gasteiger partial charge in [-0.1, -0.05) is 43.2 Å². The maximum absolute atomic E-state index is 9.74. The van der Waals surface area contributed by atoms with Crippen molar-refractivity contribution in [3.8, 4) is 0 Å². The van der Waals surface area contributed by atoms with Crippen molar-refractivity contribution in [2.45, 2.75) is 32.1 Å². The summed E-state index contributed by atoms with van der Waals surface area (Å²) < 4.78 is 0. The van der Waals surface area contributed by atoms with Gasteiger partial charge in [0.15, 0.2) is 0 Å². The van der Waals surface area contributed by atoms with Gasteiger partial charge in [0.25, 0.3) is 0 Å². The fourth-order valence-corrected chi connectivity index (χ4v) is 3.10. The molecule has 0 unspecified atom stereocenters. The molecule has 0 aliphatic heterocycles. The lowest BCUT2D eigenvalue weighted by Crippen LogP contribution is -2.39. The second kappa shape index (κ2) is 5.65. The highest BCUT2D eigenvalue weighted by Gasteiger charge is 2.39. The minimum Gasteiger partial charge on any atom is -0.396 e. The van der Waals surface area contributed by atoms with Crippen molar-refractivity contribution in [3.05, 3.63) is 35.9 Å². The fraction of sp³-hybridized carbons (Fsp3) is 0.600. The highest BCUT2D eigenvalue weighted by molar-refractivity contribution is 5.17. The molecule has 1 aliphatic rings. The number of hydrogen-bond donors (Lipinski definition) is 2. The van der Waals surface area contributed by atoms with Crippen LogP contribution >= 0.6 is 0 Å². The molecular weight excluding hydrogens is 212 g/mol. The van der Waals surface area contributed by atoms with Gasteiger partial charge < -0.3 is 10.2 Å². The number of aliphatic hydroxyl groups is 2. The third-order valence-electron chi connectivity index (χ3n) is 4.25. The minimum absolute atomic E-state index is 0.0864. The first-order valence-electron chi connectivity index (χ1n) is 6.56. The molecule has 0 spiro atoms. The van der Waals surface area contributed by atoms with Gasteiger partial charge in [-0.15, -0.1) is 0 Å². The molecule has 0 aromatic heterocycles. The van der Waals surface area contributed by atoms with Crippen molar-refractivity contribution in [2.75, 3.05) is 13.2 Å². The van der Waals surface area contributed by atoms with E-state index in [1.165, 1.54) is 18.4 Å². The molecule has 2 heteroatoms. The highest BCUT2D eigenvalue weighted by atomic mass is 16.3. The average Bonchev–Trinajstić information content (AvgIpc) is 2.92. The van der Waals surface area contributed by atoms with E-state index in [2.05, 4.69) is 12.1 Å². The van der Waals surface area contributed by atoms with Crippen LogP contribution in [0.1, 0.15) is 31.2 Å². The van der Waals surface area contributed by atoms with Crippen LogP contribution in [0.5, 0.6) is 0 Å². The third-order valence-corrected chi connectivity index (χ3v) is 4.25. The van der Waals surface area contributed by atoms with E-state index >= 15 is 0 Å². The topological polar surface area (TPSA) is 40.5 Å². The average molecular weight is 234 g/mol. The van der Waals surface area contributed by atoms with Gasteiger partial charge in [0, 0.05) is 5.41 Å². The van der Waals surface area contributed by atoms with Crippen LogP contribution in [0.4, 0.5) is 0 Å². The molecule has 0 radical (unpaired) electrons. The van der Waals surface area contributed by atoms with Gasteiger partial charge in [0.05, 0.1) is 13.2 Å². The van der Waals surface area contributed by atoms with Gasteiger partial charge in [0.2, 0.25) is 0 Å². The van der Waals surface area contributed by atoms with Crippen LogP contribution in [-0.2, 0) is 6.42 Å². The minimum atomic E-state index is -0.322. The summed E-state index contributed by atoms with van der Waals surface area (Å²) in [5.74, 6) is 0.470. The second-order valence-electron chi connectivity index (χ2n) is 5.32. The zero-order valence-corrected chi connectivity index (χ0v) is 10.3. The number of benzene rings is 1. The molecule has 1 aromatic carbocycles. The summed E-state index contributed by atoms with van der Waals surface area (Å²) in [7, 11) is 0. The summed E-state index contributed by atoms with van der Waals surface area (Å²) in [6.07, 6.45) is 5.55. The zero-order chi connectivity index (χ0) is 12.1. The Morgan fingerprint density at radius 3 is 2.12 bits per heavy atom. The summed E-state index contributed by atoms with van der Waals surface area (Å²) in [5, 5.41) is 19.5. The summed E-state index contributed by atoms with van der Waals surface area (Å²) >= 11 is 0. The van der Waals surface area contributed by atoms with Gasteiger partial charge in [-0.3, -0.25) is 0 Å². The van der Waals surface area contributed by atoms with Crippen LogP contribution in [0.3, 0.4) is 0 Å². The first kappa shape index (κ1) is 12.6.